The van der Waals surface area contributed by atoms with Crippen molar-refractivity contribution in [3.8, 4) is 22.9 Å². The van der Waals surface area contributed by atoms with Crippen molar-refractivity contribution < 1.29 is 10.2 Å². The van der Waals surface area contributed by atoms with Crippen molar-refractivity contribution in [2.75, 3.05) is 12.0 Å². The number of phenols is 2. The van der Waals surface area contributed by atoms with Crippen LogP contribution in [-0.2, 0) is 0 Å². The molecular weight excluding hydrogens is 262 g/mol. The van der Waals surface area contributed by atoms with Gasteiger partial charge in [-0.25, -0.2) is 10.2 Å². The summed E-state index contributed by atoms with van der Waals surface area (Å²) in [4.78, 5) is 21.6. The van der Waals surface area contributed by atoms with E-state index in [0.717, 1.165) is 0 Å². The number of nitrogens with zero attached hydrogens (tertiary/aromatic N) is 2. The van der Waals surface area contributed by atoms with Gasteiger partial charge < -0.3 is 10.2 Å². The molecule has 104 valence electrons. The molecule has 0 unspecified atom stereocenters. The summed E-state index contributed by atoms with van der Waals surface area (Å²) < 4.78 is 0. The molecule has 1 heterocycles. The highest BCUT2D eigenvalue weighted by molar-refractivity contribution is 5.60. The molecule has 8 nitrogen and oxygen atoms in total. The van der Waals surface area contributed by atoms with Gasteiger partial charge in [-0.2, -0.15) is 9.97 Å². The van der Waals surface area contributed by atoms with E-state index in [-0.39, 0.29) is 23.3 Å². The first-order valence-electron chi connectivity index (χ1n) is 5.70. The Hall–Kier alpha value is -2.87. The Kier molecular flexibility index (Phi) is 3.96. The largest absolute Gasteiger partial charge is 0.504 e. The summed E-state index contributed by atoms with van der Waals surface area (Å²) >= 11 is 0. The highest BCUT2D eigenvalue weighted by atomic mass is 16.3. The van der Waals surface area contributed by atoms with Crippen molar-refractivity contribution in [2.45, 2.75) is 0 Å². The maximum atomic E-state index is 11.5. The van der Waals surface area contributed by atoms with Gasteiger partial charge in [0.15, 0.2) is 11.5 Å². The van der Waals surface area contributed by atoms with Crippen molar-refractivity contribution in [1.29, 1.82) is 0 Å². The van der Waals surface area contributed by atoms with Crippen molar-refractivity contribution in [3.05, 3.63) is 41.3 Å². The molecule has 0 amide bonds. The number of hydrazine groups is 1. The Labute approximate surface area is 113 Å². The van der Waals surface area contributed by atoms with Crippen molar-refractivity contribution >= 4 is 5.95 Å². The minimum absolute atomic E-state index is 0.0816. The molecule has 5 N–H and O–H groups in total. The van der Waals surface area contributed by atoms with E-state index >= 15 is 0 Å². The van der Waals surface area contributed by atoms with E-state index in [1.807, 2.05) is 0 Å². The number of benzene rings is 1. The quantitative estimate of drug-likeness (QED) is 0.231. The summed E-state index contributed by atoms with van der Waals surface area (Å²) in [5, 5.41) is 18.7. The molecule has 0 fully saturated rings. The molecule has 2 rings (SSSR count). The second-order valence-corrected chi connectivity index (χ2v) is 3.82. The van der Waals surface area contributed by atoms with Crippen LogP contribution in [0.15, 0.2) is 35.6 Å². The first kappa shape index (κ1) is 13.6. The normalized spacial score (nSPS) is 10.2. The van der Waals surface area contributed by atoms with Gasteiger partial charge in [0.1, 0.15) is 5.82 Å². The lowest BCUT2D eigenvalue weighted by Crippen LogP contribution is -2.26. The van der Waals surface area contributed by atoms with Crippen LogP contribution in [0.25, 0.3) is 11.4 Å². The molecule has 0 atom stereocenters. The zero-order valence-electron chi connectivity index (χ0n) is 10.4. The number of phenolic OH excluding ortho intramolecular Hbond substituents is 2. The van der Waals surface area contributed by atoms with E-state index in [9.17, 15) is 15.0 Å². The second kappa shape index (κ2) is 5.85. The van der Waals surface area contributed by atoms with Crippen LogP contribution in [0.4, 0.5) is 5.95 Å². The van der Waals surface area contributed by atoms with Crippen LogP contribution in [0.2, 0.25) is 0 Å². The van der Waals surface area contributed by atoms with Gasteiger partial charge in [-0.1, -0.05) is 6.08 Å². The monoisotopic (exact) mass is 275 g/mol. The number of H-pyrrole nitrogens is 1. The van der Waals surface area contributed by atoms with Crippen molar-refractivity contribution in [2.24, 2.45) is 0 Å². The predicted molar refractivity (Wildman–Crippen MR) is 73.2 cm³/mol. The number of anilines is 1. The van der Waals surface area contributed by atoms with Gasteiger partial charge >= 0.3 is 5.69 Å². The minimum Gasteiger partial charge on any atom is -0.504 e. The zero-order chi connectivity index (χ0) is 14.5. The highest BCUT2D eigenvalue weighted by Crippen LogP contribution is 2.28. The third kappa shape index (κ3) is 3.12. The minimum atomic E-state index is -0.592. The van der Waals surface area contributed by atoms with Gasteiger partial charge in [-0.3, -0.25) is 10.4 Å². The van der Waals surface area contributed by atoms with Crippen molar-refractivity contribution in [1.82, 2.24) is 20.4 Å². The third-order valence-corrected chi connectivity index (χ3v) is 2.35. The van der Waals surface area contributed by atoms with E-state index < -0.39 is 5.69 Å². The lowest BCUT2D eigenvalue weighted by molar-refractivity contribution is 0.404. The number of aromatic nitrogens is 3. The molecule has 0 bridgehead atoms. The molecule has 20 heavy (non-hydrogen) atoms. The highest BCUT2D eigenvalue weighted by Gasteiger charge is 2.07. The van der Waals surface area contributed by atoms with Gasteiger partial charge in [0, 0.05) is 12.1 Å². The summed E-state index contributed by atoms with van der Waals surface area (Å²) in [6.07, 6.45) is 1.62. The molecule has 2 aromatic rings. The first-order chi connectivity index (χ1) is 9.60. The lowest BCUT2D eigenvalue weighted by atomic mass is 10.2. The number of hydrogen-bond donors (Lipinski definition) is 5. The molecule has 0 aliphatic heterocycles. The van der Waals surface area contributed by atoms with Crippen LogP contribution < -0.4 is 16.5 Å². The van der Waals surface area contributed by atoms with Gasteiger partial charge in [0.05, 0.1) is 0 Å². The maximum Gasteiger partial charge on any atom is 0.349 e. The van der Waals surface area contributed by atoms with Crippen LogP contribution in [0.3, 0.4) is 0 Å². The molecule has 0 saturated carbocycles. The van der Waals surface area contributed by atoms with Crippen molar-refractivity contribution in [3.63, 3.8) is 0 Å². The number of rotatable bonds is 5. The Morgan fingerprint density at radius 2 is 2.10 bits per heavy atom. The Balaban J connectivity index is 2.33. The summed E-state index contributed by atoms with van der Waals surface area (Å²) in [7, 11) is 0. The van der Waals surface area contributed by atoms with Crippen LogP contribution in [0.1, 0.15) is 0 Å². The van der Waals surface area contributed by atoms with Crippen LogP contribution in [0, 0.1) is 0 Å². The van der Waals surface area contributed by atoms with E-state index in [2.05, 4.69) is 32.4 Å². The molecule has 1 aromatic heterocycles. The molecule has 0 spiro atoms. The standard InChI is InChI=1S/C12H13N5O3/c1-2-5-13-17-11-14-10(15-12(20)16-11)7-3-4-8(18)9(19)6-7/h2-4,6,13,18-19H,1,5H2,(H2,14,15,16,17,20). The molecule has 0 radical (unpaired) electrons. The average molecular weight is 275 g/mol. The van der Waals surface area contributed by atoms with Crippen LogP contribution in [0.5, 0.6) is 11.5 Å². The molecular formula is C12H13N5O3. The van der Waals surface area contributed by atoms with E-state index in [4.69, 9.17) is 0 Å². The van der Waals surface area contributed by atoms with Crippen LogP contribution in [-0.4, -0.2) is 31.7 Å². The molecule has 8 heteroatoms. The van der Waals surface area contributed by atoms with Crippen LogP contribution >= 0.6 is 0 Å². The Bertz CT molecular complexity index is 683. The van der Waals surface area contributed by atoms with Gasteiger partial charge in [-0.05, 0) is 18.2 Å². The Morgan fingerprint density at radius 3 is 2.80 bits per heavy atom. The van der Waals surface area contributed by atoms with Gasteiger partial charge in [0.25, 0.3) is 0 Å². The number of nitrogens with one attached hydrogen (secondary N) is 3. The molecule has 1 aromatic carbocycles. The average Bonchev–Trinajstić information content (AvgIpc) is 2.41. The summed E-state index contributed by atoms with van der Waals surface area (Å²) in [6, 6.07) is 4.09. The molecule has 0 aliphatic carbocycles. The van der Waals surface area contributed by atoms with E-state index in [0.29, 0.717) is 12.1 Å². The summed E-state index contributed by atoms with van der Waals surface area (Å²) in [6.45, 7) is 3.99. The fourth-order valence-corrected chi connectivity index (χ4v) is 1.45. The second-order valence-electron chi connectivity index (χ2n) is 3.82. The SMILES string of the molecule is C=CCNNc1nc(-c2ccc(O)c(O)c2)[nH]c(=O)n1. The number of aromatic hydroxyl groups is 2. The number of aromatic amines is 1. The summed E-state index contributed by atoms with van der Waals surface area (Å²) in [5.41, 5.74) is 5.23. The van der Waals surface area contributed by atoms with E-state index in [1.54, 1.807) is 6.08 Å². The van der Waals surface area contributed by atoms with Gasteiger partial charge in [0.2, 0.25) is 5.95 Å². The fourth-order valence-electron chi connectivity index (χ4n) is 1.45. The van der Waals surface area contributed by atoms with E-state index in [1.165, 1.54) is 18.2 Å². The third-order valence-electron chi connectivity index (χ3n) is 2.35. The topological polar surface area (TPSA) is 123 Å². The molecule has 0 aliphatic rings. The Morgan fingerprint density at radius 1 is 1.30 bits per heavy atom. The fraction of sp³-hybridized carbons (Fsp3) is 0.0833. The summed E-state index contributed by atoms with van der Waals surface area (Å²) in [5.74, 6) is -0.265. The van der Waals surface area contributed by atoms with Gasteiger partial charge in [-0.15, -0.1) is 6.58 Å². The number of hydrogen-bond acceptors (Lipinski definition) is 7. The maximum absolute atomic E-state index is 11.5. The zero-order valence-corrected chi connectivity index (χ0v) is 10.4. The smallest absolute Gasteiger partial charge is 0.349 e. The lowest BCUT2D eigenvalue weighted by Gasteiger charge is -2.06. The first-order valence-corrected chi connectivity index (χ1v) is 5.70. The molecule has 0 saturated heterocycles. The predicted octanol–water partition coefficient (Wildman–Crippen LogP) is 0.346.